The number of rotatable bonds is 3. The molecule has 4 heteroatoms. The zero-order valence-corrected chi connectivity index (χ0v) is 8.28. The first-order valence-electron chi connectivity index (χ1n) is 4.59. The Morgan fingerprint density at radius 1 is 1.53 bits per heavy atom. The minimum absolute atomic E-state index is 0.311. The summed E-state index contributed by atoms with van der Waals surface area (Å²) in [5.74, 6) is -0.395. The van der Waals surface area contributed by atoms with E-state index in [1.54, 1.807) is 6.07 Å². The number of aromatic nitrogens is 1. The van der Waals surface area contributed by atoms with E-state index >= 15 is 0 Å². The van der Waals surface area contributed by atoms with Crippen molar-refractivity contribution < 1.29 is 14.6 Å². The lowest BCUT2D eigenvalue weighted by atomic mass is 10.2. The Bertz CT molecular complexity index is 502. The van der Waals surface area contributed by atoms with Crippen molar-refractivity contribution in [1.29, 1.82) is 0 Å². The molecule has 2 rings (SSSR count). The molecule has 0 spiro atoms. The minimum Gasteiger partial charge on any atom is -0.482 e. The summed E-state index contributed by atoms with van der Waals surface area (Å²) in [6.45, 7) is 1.68. The molecule has 1 heterocycles. The number of aliphatic carboxylic acids is 1. The molecule has 0 aliphatic carbocycles. The van der Waals surface area contributed by atoms with Gasteiger partial charge in [-0.05, 0) is 30.7 Å². The molecule has 2 aromatic rings. The van der Waals surface area contributed by atoms with Crippen molar-refractivity contribution in [3.05, 3.63) is 30.0 Å². The quantitative estimate of drug-likeness (QED) is 0.804. The number of H-pyrrole nitrogens is 1. The standard InChI is InChI=1S/C11H11NO3/c1-7-5-12-10-3-2-8(4-9(7)10)15-6-11(13)14/h2-5,12H,6H2,1H3,(H,13,14). The number of nitrogens with one attached hydrogen (secondary N) is 1. The summed E-state index contributed by atoms with van der Waals surface area (Å²) in [6.07, 6.45) is 1.91. The average molecular weight is 205 g/mol. The molecule has 1 aromatic heterocycles. The van der Waals surface area contributed by atoms with Crippen molar-refractivity contribution in [2.75, 3.05) is 6.61 Å². The lowest BCUT2D eigenvalue weighted by Crippen LogP contribution is -2.09. The number of fused-ring (bicyclic) bond motifs is 1. The summed E-state index contributed by atoms with van der Waals surface area (Å²) in [6, 6.07) is 5.46. The molecule has 0 saturated carbocycles. The van der Waals surface area contributed by atoms with Gasteiger partial charge in [0.05, 0.1) is 0 Å². The molecular weight excluding hydrogens is 194 g/mol. The number of carboxylic acid groups (broad SMARTS) is 1. The van der Waals surface area contributed by atoms with Crippen LogP contribution in [0.25, 0.3) is 10.9 Å². The number of benzene rings is 1. The Morgan fingerprint density at radius 3 is 3.07 bits per heavy atom. The van der Waals surface area contributed by atoms with E-state index in [4.69, 9.17) is 9.84 Å². The van der Waals surface area contributed by atoms with E-state index in [0.29, 0.717) is 5.75 Å². The Labute approximate surface area is 86.5 Å². The molecule has 0 amide bonds. The second-order valence-corrected chi connectivity index (χ2v) is 3.36. The van der Waals surface area contributed by atoms with Crippen molar-refractivity contribution in [2.45, 2.75) is 6.92 Å². The molecule has 0 unspecified atom stereocenters. The summed E-state index contributed by atoms with van der Waals surface area (Å²) >= 11 is 0. The van der Waals surface area contributed by atoms with Crippen LogP contribution in [0.2, 0.25) is 0 Å². The average Bonchev–Trinajstić information content (AvgIpc) is 2.57. The van der Waals surface area contributed by atoms with E-state index in [9.17, 15) is 4.79 Å². The fourth-order valence-corrected chi connectivity index (χ4v) is 1.47. The molecule has 0 radical (unpaired) electrons. The first-order valence-corrected chi connectivity index (χ1v) is 4.59. The van der Waals surface area contributed by atoms with E-state index in [0.717, 1.165) is 16.5 Å². The normalized spacial score (nSPS) is 10.5. The van der Waals surface area contributed by atoms with Crippen LogP contribution >= 0.6 is 0 Å². The summed E-state index contributed by atoms with van der Waals surface area (Å²) in [5.41, 5.74) is 2.14. The lowest BCUT2D eigenvalue weighted by Gasteiger charge is -2.02. The van der Waals surface area contributed by atoms with Crippen LogP contribution in [-0.2, 0) is 4.79 Å². The van der Waals surface area contributed by atoms with Gasteiger partial charge in [0.1, 0.15) is 5.75 Å². The number of aromatic amines is 1. The van der Waals surface area contributed by atoms with Gasteiger partial charge in [0.15, 0.2) is 6.61 Å². The van der Waals surface area contributed by atoms with Crippen molar-refractivity contribution >= 4 is 16.9 Å². The largest absolute Gasteiger partial charge is 0.482 e. The van der Waals surface area contributed by atoms with Gasteiger partial charge >= 0.3 is 5.97 Å². The maximum atomic E-state index is 10.3. The van der Waals surface area contributed by atoms with E-state index < -0.39 is 5.97 Å². The van der Waals surface area contributed by atoms with Gasteiger partial charge in [0.2, 0.25) is 0 Å². The molecule has 78 valence electrons. The summed E-state index contributed by atoms with van der Waals surface area (Å²) in [4.78, 5) is 13.4. The van der Waals surface area contributed by atoms with Crippen molar-refractivity contribution in [3.63, 3.8) is 0 Å². The number of carbonyl (C=O) groups is 1. The summed E-state index contributed by atoms with van der Waals surface area (Å²) in [7, 11) is 0. The summed E-state index contributed by atoms with van der Waals surface area (Å²) < 4.78 is 5.09. The Kier molecular flexibility index (Phi) is 2.33. The molecule has 0 atom stereocenters. The minimum atomic E-state index is -0.971. The molecule has 1 aromatic carbocycles. The molecule has 0 saturated heterocycles. The highest BCUT2D eigenvalue weighted by Gasteiger charge is 2.03. The first kappa shape index (κ1) is 9.58. The predicted octanol–water partition coefficient (Wildman–Crippen LogP) is 1.94. The van der Waals surface area contributed by atoms with Crippen LogP contribution in [-0.4, -0.2) is 22.7 Å². The second-order valence-electron chi connectivity index (χ2n) is 3.36. The van der Waals surface area contributed by atoms with Crippen LogP contribution in [0.3, 0.4) is 0 Å². The van der Waals surface area contributed by atoms with Gasteiger partial charge in [-0.1, -0.05) is 0 Å². The van der Waals surface area contributed by atoms with Gasteiger partial charge in [0.25, 0.3) is 0 Å². The molecule has 0 aliphatic heterocycles. The number of hydrogen-bond acceptors (Lipinski definition) is 2. The number of hydrogen-bond donors (Lipinski definition) is 2. The SMILES string of the molecule is Cc1c[nH]c2ccc(OCC(=O)O)cc12. The van der Waals surface area contributed by atoms with E-state index in [-0.39, 0.29) is 6.61 Å². The Morgan fingerprint density at radius 2 is 2.33 bits per heavy atom. The molecule has 4 nitrogen and oxygen atoms in total. The Balaban J connectivity index is 2.29. The van der Waals surface area contributed by atoms with Gasteiger partial charge in [-0.15, -0.1) is 0 Å². The monoisotopic (exact) mass is 205 g/mol. The topological polar surface area (TPSA) is 62.3 Å². The fraction of sp³-hybridized carbons (Fsp3) is 0.182. The Hall–Kier alpha value is -1.97. The van der Waals surface area contributed by atoms with Crippen LogP contribution in [0.1, 0.15) is 5.56 Å². The first-order chi connectivity index (χ1) is 7.16. The maximum Gasteiger partial charge on any atom is 0.341 e. The van der Waals surface area contributed by atoms with E-state index in [1.165, 1.54) is 0 Å². The molecule has 15 heavy (non-hydrogen) atoms. The summed E-state index contributed by atoms with van der Waals surface area (Å²) in [5, 5.41) is 9.53. The predicted molar refractivity (Wildman–Crippen MR) is 56.2 cm³/mol. The van der Waals surface area contributed by atoms with Crippen LogP contribution < -0.4 is 4.74 Å². The molecule has 0 fully saturated rings. The van der Waals surface area contributed by atoms with Gasteiger partial charge < -0.3 is 14.8 Å². The van der Waals surface area contributed by atoms with Crippen LogP contribution in [0.15, 0.2) is 24.4 Å². The maximum absolute atomic E-state index is 10.3. The number of ether oxygens (including phenoxy) is 1. The highest BCUT2D eigenvalue weighted by molar-refractivity contribution is 5.84. The zero-order chi connectivity index (χ0) is 10.8. The van der Waals surface area contributed by atoms with E-state index in [1.807, 2.05) is 25.3 Å². The van der Waals surface area contributed by atoms with Crippen LogP contribution in [0.5, 0.6) is 5.75 Å². The molecule has 0 bridgehead atoms. The fourth-order valence-electron chi connectivity index (χ4n) is 1.47. The lowest BCUT2D eigenvalue weighted by molar-refractivity contribution is -0.139. The van der Waals surface area contributed by atoms with Gasteiger partial charge in [-0.3, -0.25) is 0 Å². The molecular formula is C11H11NO3. The van der Waals surface area contributed by atoms with Gasteiger partial charge in [-0.25, -0.2) is 4.79 Å². The van der Waals surface area contributed by atoms with Crippen molar-refractivity contribution in [2.24, 2.45) is 0 Å². The number of aryl methyl sites for hydroxylation is 1. The van der Waals surface area contributed by atoms with Gasteiger partial charge in [0, 0.05) is 17.1 Å². The zero-order valence-electron chi connectivity index (χ0n) is 8.28. The van der Waals surface area contributed by atoms with Gasteiger partial charge in [-0.2, -0.15) is 0 Å². The highest BCUT2D eigenvalue weighted by atomic mass is 16.5. The van der Waals surface area contributed by atoms with Crippen molar-refractivity contribution in [3.8, 4) is 5.75 Å². The van der Waals surface area contributed by atoms with Crippen LogP contribution in [0, 0.1) is 6.92 Å². The smallest absolute Gasteiger partial charge is 0.341 e. The van der Waals surface area contributed by atoms with Crippen LogP contribution in [0.4, 0.5) is 0 Å². The van der Waals surface area contributed by atoms with E-state index in [2.05, 4.69) is 4.98 Å². The number of carboxylic acids is 1. The molecule has 2 N–H and O–H groups in total. The highest BCUT2D eigenvalue weighted by Crippen LogP contribution is 2.22. The third-order valence-corrected chi connectivity index (χ3v) is 2.22. The second kappa shape index (κ2) is 3.65. The third kappa shape index (κ3) is 1.93. The van der Waals surface area contributed by atoms with Crippen molar-refractivity contribution in [1.82, 2.24) is 4.98 Å². The molecule has 0 aliphatic rings. The third-order valence-electron chi connectivity index (χ3n) is 2.22.